The first-order valence-corrected chi connectivity index (χ1v) is 6.16. The summed E-state index contributed by atoms with van der Waals surface area (Å²) in [6.07, 6.45) is 1.67. The minimum atomic E-state index is 0.143. The quantitative estimate of drug-likeness (QED) is 0.454. The second kappa shape index (κ2) is 6.51. The molecule has 2 aromatic carbocycles. The number of nitrogens with two attached hydrogens (primary N) is 1. The fourth-order valence-corrected chi connectivity index (χ4v) is 1.62. The van der Waals surface area contributed by atoms with Crippen LogP contribution in [0.15, 0.2) is 59.7 Å². The van der Waals surface area contributed by atoms with Gasteiger partial charge < -0.3 is 11.1 Å². The summed E-state index contributed by atoms with van der Waals surface area (Å²) in [5.74, 6) is 0. The molecule has 0 aliphatic carbocycles. The van der Waals surface area contributed by atoms with Crippen LogP contribution >= 0.6 is 12.2 Å². The molecule has 5 heteroatoms. The van der Waals surface area contributed by atoms with Crippen molar-refractivity contribution in [3.05, 3.63) is 60.2 Å². The van der Waals surface area contributed by atoms with Crippen LogP contribution in [0.5, 0.6) is 0 Å². The van der Waals surface area contributed by atoms with E-state index in [0.717, 1.165) is 16.9 Å². The van der Waals surface area contributed by atoms with Gasteiger partial charge in [0.15, 0.2) is 5.11 Å². The van der Waals surface area contributed by atoms with Crippen molar-refractivity contribution in [3.63, 3.8) is 0 Å². The minimum Gasteiger partial charge on any atom is -0.375 e. The third-order valence-corrected chi connectivity index (χ3v) is 2.48. The van der Waals surface area contributed by atoms with Crippen molar-refractivity contribution in [1.29, 1.82) is 0 Å². The maximum atomic E-state index is 5.31. The van der Waals surface area contributed by atoms with Gasteiger partial charge in [-0.15, -0.1) is 0 Å². The molecule has 2 aromatic rings. The van der Waals surface area contributed by atoms with E-state index >= 15 is 0 Å². The van der Waals surface area contributed by atoms with Crippen molar-refractivity contribution >= 4 is 34.9 Å². The van der Waals surface area contributed by atoms with Gasteiger partial charge in [0, 0.05) is 16.9 Å². The van der Waals surface area contributed by atoms with Gasteiger partial charge in [0.1, 0.15) is 0 Å². The Bertz CT molecular complexity index is 581. The second-order valence-corrected chi connectivity index (χ2v) is 4.25. The molecular formula is C14H14N4S. The topological polar surface area (TPSA) is 62.4 Å². The predicted molar refractivity (Wildman–Crippen MR) is 83.7 cm³/mol. The highest BCUT2D eigenvalue weighted by Crippen LogP contribution is 2.19. The van der Waals surface area contributed by atoms with Crippen molar-refractivity contribution < 1.29 is 0 Å². The van der Waals surface area contributed by atoms with E-state index < -0.39 is 0 Å². The highest BCUT2D eigenvalue weighted by Gasteiger charge is 1.99. The molecule has 96 valence electrons. The molecule has 0 spiro atoms. The lowest BCUT2D eigenvalue weighted by molar-refractivity contribution is 1.04. The Balaban J connectivity index is 2.17. The molecule has 0 bridgehead atoms. The summed E-state index contributed by atoms with van der Waals surface area (Å²) >= 11 is 4.69. The monoisotopic (exact) mass is 270 g/mol. The maximum absolute atomic E-state index is 5.31. The predicted octanol–water partition coefficient (Wildman–Crippen LogP) is 2.60. The number of rotatable bonds is 4. The van der Waals surface area contributed by atoms with Crippen molar-refractivity contribution in [2.45, 2.75) is 0 Å². The molecule has 0 fully saturated rings. The van der Waals surface area contributed by atoms with Crippen molar-refractivity contribution in [2.75, 3.05) is 5.32 Å². The number of thiocarbonyl (C=S) groups is 1. The first-order valence-electron chi connectivity index (χ1n) is 5.75. The molecule has 0 amide bonds. The average molecular weight is 270 g/mol. The van der Waals surface area contributed by atoms with E-state index in [1.54, 1.807) is 6.21 Å². The summed E-state index contributed by atoms with van der Waals surface area (Å²) in [6.45, 7) is 0. The van der Waals surface area contributed by atoms with Gasteiger partial charge in [-0.25, -0.2) is 0 Å². The van der Waals surface area contributed by atoms with Crippen molar-refractivity contribution in [1.82, 2.24) is 5.43 Å². The Kier molecular flexibility index (Phi) is 4.47. The summed E-state index contributed by atoms with van der Waals surface area (Å²) in [5, 5.41) is 7.43. The van der Waals surface area contributed by atoms with Crippen LogP contribution in [0.3, 0.4) is 0 Å². The van der Waals surface area contributed by atoms with Gasteiger partial charge in [-0.1, -0.05) is 36.4 Å². The SMILES string of the molecule is NC(=S)NN=Cc1ccccc1Nc1ccccc1. The molecule has 0 heterocycles. The molecule has 0 atom stereocenters. The zero-order valence-corrected chi connectivity index (χ0v) is 11.0. The number of hydrogen-bond acceptors (Lipinski definition) is 3. The van der Waals surface area contributed by atoms with Crippen LogP contribution in [0.4, 0.5) is 11.4 Å². The van der Waals surface area contributed by atoms with E-state index in [1.807, 2.05) is 54.6 Å². The van der Waals surface area contributed by atoms with Crippen LogP contribution in [0.1, 0.15) is 5.56 Å². The number of nitrogens with zero attached hydrogens (tertiary/aromatic N) is 1. The fraction of sp³-hybridized carbons (Fsp3) is 0. The largest absolute Gasteiger partial charge is 0.375 e. The first-order chi connectivity index (χ1) is 9.25. The molecule has 0 saturated carbocycles. The number of benzene rings is 2. The molecule has 0 aromatic heterocycles. The Morgan fingerprint density at radius 1 is 1.05 bits per heavy atom. The fourth-order valence-electron chi connectivity index (χ4n) is 1.57. The highest BCUT2D eigenvalue weighted by molar-refractivity contribution is 7.80. The van der Waals surface area contributed by atoms with Gasteiger partial charge >= 0.3 is 0 Å². The molecular weight excluding hydrogens is 256 g/mol. The smallest absolute Gasteiger partial charge is 0.184 e. The second-order valence-electron chi connectivity index (χ2n) is 3.81. The Morgan fingerprint density at radius 3 is 2.47 bits per heavy atom. The third kappa shape index (κ3) is 4.08. The van der Waals surface area contributed by atoms with E-state index in [-0.39, 0.29) is 5.11 Å². The van der Waals surface area contributed by atoms with E-state index in [1.165, 1.54) is 0 Å². The van der Waals surface area contributed by atoms with Gasteiger partial charge in [-0.2, -0.15) is 5.10 Å². The van der Waals surface area contributed by atoms with Gasteiger partial charge in [0.05, 0.1) is 6.21 Å². The lowest BCUT2D eigenvalue weighted by Gasteiger charge is -2.09. The van der Waals surface area contributed by atoms with Crippen LogP contribution < -0.4 is 16.5 Å². The van der Waals surface area contributed by atoms with Crippen molar-refractivity contribution in [3.8, 4) is 0 Å². The Labute approximate surface area is 117 Å². The Hall–Kier alpha value is -2.40. The lowest BCUT2D eigenvalue weighted by Crippen LogP contribution is -2.24. The minimum absolute atomic E-state index is 0.143. The Morgan fingerprint density at radius 2 is 1.74 bits per heavy atom. The van der Waals surface area contributed by atoms with Crippen molar-refractivity contribution in [2.24, 2.45) is 10.8 Å². The average Bonchev–Trinajstić information content (AvgIpc) is 2.41. The van der Waals surface area contributed by atoms with E-state index in [9.17, 15) is 0 Å². The zero-order valence-electron chi connectivity index (χ0n) is 10.2. The zero-order chi connectivity index (χ0) is 13.5. The number of para-hydroxylation sites is 2. The summed E-state index contributed by atoms with van der Waals surface area (Å²) in [7, 11) is 0. The molecule has 0 saturated heterocycles. The van der Waals surface area contributed by atoms with Crippen LogP contribution in [0, 0.1) is 0 Å². The van der Waals surface area contributed by atoms with Crippen LogP contribution in [0.2, 0.25) is 0 Å². The number of hydrogen-bond donors (Lipinski definition) is 3. The van der Waals surface area contributed by atoms with Gasteiger partial charge in [-0.05, 0) is 30.4 Å². The molecule has 4 N–H and O–H groups in total. The van der Waals surface area contributed by atoms with E-state index in [2.05, 4.69) is 28.1 Å². The van der Waals surface area contributed by atoms with E-state index in [0.29, 0.717) is 0 Å². The van der Waals surface area contributed by atoms with Crippen LogP contribution in [-0.4, -0.2) is 11.3 Å². The third-order valence-electron chi connectivity index (χ3n) is 2.39. The summed E-state index contributed by atoms with van der Waals surface area (Å²) in [6, 6.07) is 17.8. The summed E-state index contributed by atoms with van der Waals surface area (Å²) in [5.41, 5.74) is 10.8. The van der Waals surface area contributed by atoms with Gasteiger partial charge in [0.2, 0.25) is 0 Å². The number of hydrazone groups is 1. The van der Waals surface area contributed by atoms with Gasteiger partial charge in [0.25, 0.3) is 0 Å². The molecule has 0 unspecified atom stereocenters. The lowest BCUT2D eigenvalue weighted by atomic mass is 10.2. The molecule has 0 aliphatic heterocycles. The number of anilines is 2. The first kappa shape index (κ1) is 13.0. The normalized spacial score (nSPS) is 10.3. The summed E-state index contributed by atoms with van der Waals surface area (Å²) < 4.78 is 0. The van der Waals surface area contributed by atoms with E-state index in [4.69, 9.17) is 5.73 Å². The van der Waals surface area contributed by atoms with Gasteiger partial charge in [-0.3, -0.25) is 5.43 Å². The molecule has 19 heavy (non-hydrogen) atoms. The number of nitrogens with one attached hydrogen (secondary N) is 2. The molecule has 4 nitrogen and oxygen atoms in total. The maximum Gasteiger partial charge on any atom is 0.184 e. The van der Waals surface area contributed by atoms with Crippen LogP contribution in [-0.2, 0) is 0 Å². The van der Waals surface area contributed by atoms with Crippen LogP contribution in [0.25, 0.3) is 0 Å². The highest BCUT2D eigenvalue weighted by atomic mass is 32.1. The molecule has 2 rings (SSSR count). The molecule has 0 aliphatic rings. The standard InChI is InChI=1S/C14H14N4S/c15-14(19)18-16-10-11-6-4-5-9-13(11)17-12-7-2-1-3-8-12/h1-10,17H,(H3,15,18,19). The molecule has 0 radical (unpaired) electrons. The summed E-state index contributed by atoms with van der Waals surface area (Å²) in [4.78, 5) is 0.